The van der Waals surface area contributed by atoms with Gasteiger partial charge in [-0.2, -0.15) is 0 Å². The summed E-state index contributed by atoms with van der Waals surface area (Å²) in [5.74, 6) is -0.383. The summed E-state index contributed by atoms with van der Waals surface area (Å²) in [4.78, 5) is 41.7. The SMILES string of the molecule is CCCN(CC(=O)Nc1ccccc1C)C(=O)C1CCN(C(=O)/C=C/c2ccccc2)CC1. The fraction of sp³-hybridized carbons (Fsp3) is 0.370. The lowest BCUT2D eigenvalue weighted by Crippen LogP contribution is -2.46. The molecule has 0 spiro atoms. The van der Waals surface area contributed by atoms with Crippen molar-refractivity contribution >= 4 is 29.5 Å². The predicted molar refractivity (Wildman–Crippen MR) is 131 cm³/mol. The van der Waals surface area contributed by atoms with Crippen LogP contribution in [0.15, 0.2) is 60.7 Å². The largest absolute Gasteiger partial charge is 0.339 e. The molecule has 0 unspecified atom stereocenters. The number of hydrogen-bond donors (Lipinski definition) is 1. The minimum absolute atomic E-state index is 0.00344. The number of carbonyl (C=O) groups is 3. The highest BCUT2D eigenvalue weighted by Crippen LogP contribution is 2.21. The molecule has 1 aliphatic heterocycles. The van der Waals surface area contributed by atoms with Gasteiger partial charge in [0.05, 0.1) is 6.54 Å². The molecule has 2 aromatic carbocycles. The molecule has 174 valence electrons. The van der Waals surface area contributed by atoms with Crippen LogP contribution in [0.1, 0.15) is 37.3 Å². The van der Waals surface area contributed by atoms with Crippen LogP contribution in [0, 0.1) is 12.8 Å². The first-order chi connectivity index (χ1) is 16.0. The van der Waals surface area contributed by atoms with Gasteiger partial charge in [0.25, 0.3) is 0 Å². The Morgan fingerprint density at radius 2 is 1.70 bits per heavy atom. The van der Waals surface area contributed by atoms with Crippen molar-refractivity contribution in [1.82, 2.24) is 9.80 Å². The minimum atomic E-state index is -0.190. The quantitative estimate of drug-likeness (QED) is 0.619. The van der Waals surface area contributed by atoms with E-state index in [-0.39, 0.29) is 30.2 Å². The molecule has 0 radical (unpaired) electrons. The molecule has 0 bridgehead atoms. The van der Waals surface area contributed by atoms with Crippen LogP contribution >= 0.6 is 0 Å². The molecule has 0 aromatic heterocycles. The van der Waals surface area contributed by atoms with Gasteiger partial charge in [0.1, 0.15) is 0 Å². The van der Waals surface area contributed by atoms with Crippen LogP contribution in [0.3, 0.4) is 0 Å². The predicted octanol–water partition coefficient (Wildman–Crippen LogP) is 4.12. The van der Waals surface area contributed by atoms with Crippen molar-refractivity contribution in [2.75, 3.05) is 31.5 Å². The van der Waals surface area contributed by atoms with Gasteiger partial charge in [-0.05, 0) is 49.5 Å². The normalized spacial score (nSPS) is 14.3. The van der Waals surface area contributed by atoms with E-state index in [1.165, 1.54) is 0 Å². The lowest BCUT2D eigenvalue weighted by Gasteiger charge is -2.33. The highest BCUT2D eigenvalue weighted by atomic mass is 16.2. The molecule has 33 heavy (non-hydrogen) atoms. The van der Waals surface area contributed by atoms with E-state index >= 15 is 0 Å². The van der Waals surface area contributed by atoms with Crippen LogP contribution in [0.2, 0.25) is 0 Å². The van der Waals surface area contributed by atoms with Crippen molar-refractivity contribution in [3.05, 3.63) is 71.8 Å². The van der Waals surface area contributed by atoms with Crippen molar-refractivity contribution in [2.45, 2.75) is 33.1 Å². The van der Waals surface area contributed by atoms with Crippen LogP contribution in [-0.2, 0) is 14.4 Å². The van der Waals surface area contributed by atoms with Gasteiger partial charge in [0.15, 0.2) is 0 Å². The number of benzene rings is 2. The Balaban J connectivity index is 1.52. The number of aryl methyl sites for hydroxylation is 1. The number of piperidine rings is 1. The monoisotopic (exact) mass is 447 g/mol. The van der Waals surface area contributed by atoms with E-state index in [2.05, 4.69) is 5.32 Å². The second-order valence-corrected chi connectivity index (χ2v) is 8.47. The average molecular weight is 448 g/mol. The lowest BCUT2D eigenvalue weighted by molar-refractivity contribution is -0.141. The molecule has 1 N–H and O–H groups in total. The number of amides is 3. The van der Waals surface area contributed by atoms with Gasteiger partial charge in [-0.3, -0.25) is 14.4 Å². The molecule has 6 heteroatoms. The minimum Gasteiger partial charge on any atom is -0.339 e. The average Bonchev–Trinajstić information content (AvgIpc) is 2.84. The van der Waals surface area contributed by atoms with E-state index in [9.17, 15) is 14.4 Å². The van der Waals surface area contributed by atoms with Crippen molar-refractivity contribution < 1.29 is 14.4 Å². The molecular formula is C27H33N3O3. The summed E-state index contributed by atoms with van der Waals surface area (Å²) >= 11 is 0. The number of rotatable bonds is 8. The molecule has 2 aromatic rings. The van der Waals surface area contributed by atoms with E-state index in [4.69, 9.17) is 0 Å². The number of hydrogen-bond acceptors (Lipinski definition) is 3. The molecule has 3 amide bonds. The maximum atomic E-state index is 13.2. The first kappa shape index (κ1) is 24.2. The number of nitrogens with zero attached hydrogens (tertiary/aromatic N) is 2. The molecule has 0 aliphatic carbocycles. The van der Waals surface area contributed by atoms with Gasteiger partial charge in [0.2, 0.25) is 17.7 Å². The second kappa shape index (κ2) is 12.0. The molecule has 1 fully saturated rings. The molecule has 1 saturated heterocycles. The third kappa shape index (κ3) is 7.04. The zero-order valence-electron chi connectivity index (χ0n) is 19.5. The van der Waals surface area contributed by atoms with Crippen molar-refractivity contribution in [3.63, 3.8) is 0 Å². The zero-order valence-corrected chi connectivity index (χ0v) is 19.5. The highest BCUT2D eigenvalue weighted by molar-refractivity contribution is 5.95. The van der Waals surface area contributed by atoms with Crippen molar-refractivity contribution in [3.8, 4) is 0 Å². The third-order valence-corrected chi connectivity index (χ3v) is 5.93. The molecule has 0 saturated carbocycles. The maximum absolute atomic E-state index is 13.2. The number of para-hydroxylation sites is 1. The Bertz CT molecular complexity index is 979. The second-order valence-electron chi connectivity index (χ2n) is 8.47. The van der Waals surface area contributed by atoms with E-state index in [1.807, 2.05) is 74.5 Å². The number of carbonyl (C=O) groups excluding carboxylic acids is 3. The summed E-state index contributed by atoms with van der Waals surface area (Å²) in [6.07, 6.45) is 5.42. The van der Waals surface area contributed by atoms with Gasteiger partial charge >= 0.3 is 0 Å². The topological polar surface area (TPSA) is 69.7 Å². The molecule has 1 heterocycles. The van der Waals surface area contributed by atoms with Gasteiger partial charge in [-0.15, -0.1) is 0 Å². The van der Waals surface area contributed by atoms with Gasteiger partial charge in [0, 0.05) is 37.3 Å². The van der Waals surface area contributed by atoms with E-state index < -0.39 is 0 Å². The van der Waals surface area contributed by atoms with E-state index in [1.54, 1.807) is 15.9 Å². The van der Waals surface area contributed by atoms with Gasteiger partial charge < -0.3 is 15.1 Å². The molecule has 6 nitrogen and oxygen atoms in total. The molecule has 3 rings (SSSR count). The summed E-state index contributed by atoms with van der Waals surface area (Å²) in [5.41, 5.74) is 2.73. The van der Waals surface area contributed by atoms with E-state index in [0.717, 1.165) is 23.2 Å². The first-order valence-electron chi connectivity index (χ1n) is 11.6. The zero-order chi connectivity index (χ0) is 23.6. The first-order valence-corrected chi connectivity index (χ1v) is 11.6. The number of nitrogens with one attached hydrogen (secondary N) is 1. The van der Waals surface area contributed by atoms with Gasteiger partial charge in [-0.1, -0.05) is 55.5 Å². The summed E-state index contributed by atoms with van der Waals surface area (Å²) in [5, 5.41) is 2.91. The molecule has 1 aliphatic rings. The van der Waals surface area contributed by atoms with Crippen molar-refractivity contribution in [2.24, 2.45) is 5.92 Å². The smallest absolute Gasteiger partial charge is 0.246 e. The Hall–Kier alpha value is -3.41. The fourth-order valence-corrected chi connectivity index (χ4v) is 4.06. The summed E-state index contributed by atoms with van der Waals surface area (Å²) < 4.78 is 0. The Morgan fingerprint density at radius 3 is 2.36 bits per heavy atom. The Labute approximate surface area is 196 Å². The fourth-order valence-electron chi connectivity index (χ4n) is 4.06. The highest BCUT2D eigenvalue weighted by Gasteiger charge is 2.30. The van der Waals surface area contributed by atoms with Crippen LogP contribution in [0.5, 0.6) is 0 Å². The summed E-state index contributed by atoms with van der Waals surface area (Å²) in [6.45, 7) is 5.61. The molecular weight excluding hydrogens is 414 g/mol. The summed E-state index contributed by atoms with van der Waals surface area (Å²) in [6, 6.07) is 17.3. The Morgan fingerprint density at radius 1 is 1.03 bits per heavy atom. The van der Waals surface area contributed by atoms with Crippen LogP contribution in [-0.4, -0.2) is 53.7 Å². The van der Waals surface area contributed by atoms with Crippen LogP contribution < -0.4 is 5.32 Å². The number of anilines is 1. The molecule has 0 atom stereocenters. The summed E-state index contributed by atoms with van der Waals surface area (Å²) in [7, 11) is 0. The third-order valence-electron chi connectivity index (χ3n) is 5.93. The number of likely N-dealkylation sites (tertiary alicyclic amines) is 1. The van der Waals surface area contributed by atoms with Gasteiger partial charge in [-0.25, -0.2) is 0 Å². The van der Waals surface area contributed by atoms with E-state index in [0.29, 0.717) is 32.5 Å². The van der Waals surface area contributed by atoms with Crippen LogP contribution in [0.25, 0.3) is 6.08 Å². The van der Waals surface area contributed by atoms with Crippen LogP contribution in [0.4, 0.5) is 5.69 Å². The standard InChI is InChI=1S/C27H33N3O3/c1-3-17-30(20-25(31)28-24-12-8-7-9-21(24)2)27(33)23-15-18-29(19-16-23)26(32)14-13-22-10-5-4-6-11-22/h4-14,23H,3,15-20H2,1-2H3,(H,28,31)/b14-13+. The Kier molecular flexibility index (Phi) is 8.81. The lowest BCUT2D eigenvalue weighted by atomic mass is 9.95. The van der Waals surface area contributed by atoms with Crippen molar-refractivity contribution in [1.29, 1.82) is 0 Å². The maximum Gasteiger partial charge on any atom is 0.246 e.